The van der Waals surface area contributed by atoms with E-state index in [0.29, 0.717) is 24.6 Å². The van der Waals surface area contributed by atoms with Crippen LogP contribution in [0.4, 0.5) is 0 Å². The van der Waals surface area contributed by atoms with Gasteiger partial charge < -0.3 is 9.47 Å². The van der Waals surface area contributed by atoms with E-state index in [-0.39, 0.29) is 12.2 Å². The lowest BCUT2D eigenvalue weighted by Crippen LogP contribution is -2.10. The Morgan fingerprint density at radius 1 is 1.39 bits per heavy atom. The van der Waals surface area contributed by atoms with Gasteiger partial charge in [0.1, 0.15) is 12.4 Å². The van der Waals surface area contributed by atoms with Crippen molar-refractivity contribution in [1.82, 2.24) is 0 Å². The number of methoxy groups -OCH3 is 1. The van der Waals surface area contributed by atoms with Crippen LogP contribution in [0.1, 0.15) is 27.9 Å². The van der Waals surface area contributed by atoms with Crippen molar-refractivity contribution in [2.75, 3.05) is 20.3 Å². The summed E-state index contributed by atoms with van der Waals surface area (Å²) >= 11 is 0. The maximum atomic E-state index is 12.2. The first-order chi connectivity index (χ1) is 8.61. The number of hydrogen-bond acceptors (Lipinski definition) is 4. The van der Waals surface area contributed by atoms with Gasteiger partial charge in [0.2, 0.25) is 0 Å². The lowest BCUT2D eigenvalue weighted by atomic mass is 9.99. The maximum Gasteiger partial charge on any atom is 0.191 e. The fraction of sp³-hybridized carbons (Fsp3) is 0.429. The second kappa shape index (κ2) is 5.21. The third-order valence-electron chi connectivity index (χ3n) is 3.00. The van der Waals surface area contributed by atoms with Crippen molar-refractivity contribution in [3.8, 4) is 5.75 Å². The number of ether oxygens (including phenoxy) is 2. The summed E-state index contributed by atoms with van der Waals surface area (Å²) in [6.45, 7) is 5.08. The molecule has 0 aromatic heterocycles. The molecule has 0 saturated carbocycles. The molecule has 1 heterocycles. The number of carbonyl (C=O) groups is 1. The number of carbonyl (C=O) groups excluding carboxylic acids is 1. The van der Waals surface area contributed by atoms with Gasteiger partial charge in [-0.1, -0.05) is 0 Å². The van der Waals surface area contributed by atoms with Crippen LogP contribution in [-0.4, -0.2) is 31.9 Å². The fourth-order valence-electron chi connectivity index (χ4n) is 2.03. The zero-order chi connectivity index (χ0) is 13.1. The molecule has 0 aliphatic carbocycles. The first kappa shape index (κ1) is 12.6. The van der Waals surface area contributed by atoms with Crippen molar-refractivity contribution < 1.29 is 14.3 Å². The van der Waals surface area contributed by atoms with Crippen LogP contribution in [0.5, 0.6) is 5.75 Å². The highest BCUT2D eigenvalue weighted by Crippen LogP contribution is 2.23. The molecule has 1 aliphatic rings. The smallest absolute Gasteiger partial charge is 0.191 e. The molecule has 96 valence electrons. The Hall–Kier alpha value is -1.84. The zero-order valence-electron chi connectivity index (χ0n) is 10.9. The molecule has 0 bridgehead atoms. The van der Waals surface area contributed by atoms with Crippen molar-refractivity contribution in [3.05, 3.63) is 28.8 Å². The van der Waals surface area contributed by atoms with Gasteiger partial charge in [0.15, 0.2) is 11.7 Å². The molecule has 0 unspecified atom stereocenters. The summed E-state index contributed by atoms with van der Waals surface area (Å²) in [4.78, 5) is 16.3. The molecule has 0 fully saturated rings. The van der Waals surface area contributed by atoms with Crippen LogP contribution in [0.3, 0.4) is 0 Å². The van der Waals surface area contributed by atoms with Crippen molar-refractivity contribution in [1.29, 1.82) is 0 Å². The first-order valence-electron chi connectivity index (χ1n) is 5.96. The van der Waals surface area contributed by atoms with Gasteiger partial charge in [0, 0.05) is 5.56 Å². The summed E-state index contributed by atoms with van der Waals surface area (Å²) in [5.41, 5.74) is 2.59. The molecule has 0 spiro atoms. The third kappa shape index (κ3) is 2.53. The van der Waals surface area contributed by atoms with E-state index < -0.39 is 0 Å². The van der Waals surface area contributed by atoms with E-state index in [1.54, 1.807) is 7.11 Å². The summed E-state index contributed by atoms with van der Waals surface area (Å²) in [5, 5.41) is 0. The van der Waals surface area contributed by atoms with Crippen molar-refractivity contribution in [2.24, 2.45) is 4.99 Å². The summed E-state index contributed by atoms with van der Waals surface area (Å²) in [6, 6.07) is 3.76. The summed E-state index contributed by atoms with van der Waals surface area (Å²) in [5.74, 6) is 1.39. The van der Waals surface area contributed by atoms with E-state index in [4.69, 9.17) is 9.47 Å². The van der Waals surface area contributed by atoms with E-state index >= 15 is 0 Å². The molecule has 1 aromatic carbocycles. The van der Waals surface area contributed by atoms with Crippen LogP contribution in [0, 0.1) is 13.8 Å². The lowest BCUT2D eigenvalue weighted by molar-refractivity contribution is 0.0994. The molecule has 0 atom stereocenters. The monoisotopic (exact) mass is 247 g/mol. The standard InChI is InChI=1S/C14H17NO3/c1-9-7-13(17-3)10(2)6-11(9)12(16)8-14-15-4-5-18-14/h6-7H,4-5,8H2,1-3H3. The van der Waals surface area contributed by atoms with Crippen LogP contribution in [0.15, 0.2) is 17.1 Å². The topological polar surface area (TPSA) is 47.9 Å². The number of rotatable bonds is 4. The molecule has 2 rings (SSSR count). The average Bonchev–Trinajstić information content (AvgIpc) is 2.84. The predicted molar refractivity (Wildman–Crippen MR) is 69.7 cm³/mol. The molecule has 4 heteroatoms. The molecule has 18 heavy (non-hydrogen) atoms. The quantitative estimate of drug-likeness (QED) is 0.767. The molecule has 1 aliphatic heterocycles. The minimum absolute atomic E-state index is 0.0407. The molecular weight excluding hydrogens is 230 g/mol. The van der Waals surface area contributed by atoms with Crippen molar-refractivity contribution in [3.63, 3.8) is 0 Å². The van der Waals surface area contributed by atoms with E-state index in [1.165, 1.54) is 0 Å². The SMILES string of the molecule is COc1cc(C)c(C(=O)CC2=NCCO2)cc1C. The second-order valence-corrected chi connectivity index (χ2v) is 4.36. The van der Waals surface area contributed by atoms with Gasteiger partial charge in [0.25, 0.3) is 0 Å². The van der Waals surface area contributed by atoms with Gasteiger partial charge >= 0.3 is 0 Å². The Morgan fingerprint density at radius 3 is 2.78 bits per heavy atom. The Kier molecular flexibility index (Phi) is 3.65. The summed E-state index contributed by atoms with van der Waals surface area (Å²) in [6.07, 6.45) is 0.243. The highest BCUT2D eigenvalue weighted by atomic mass is 16.5. The average molecular weight is 247 g/mol. The van der Waals surface area contributed by atoms with Crippen LogP contribution >= 0.6 is 0 Å². The van der Waals surface area contributed by atoms with E-state index in [9.17, 15) is 4.79 Å². The van der Waals surface area contributed by atoms with Gasteiger partial charge in [-0.2, -0.15) is 0 Å². The minimum atomic E-state index is 0.0407. The molecule has 1 aromatic rings. The van der Waals surface area contributed by atoms with Gasteiger partial charge in [-0.05, 0) is 37.1 Å². The molecular formula is C14H17NO3. The molecule has 0 amide bonds. The number of Topliss-reactive ketones (excluding diaryl/α,β-unsaturated/α-hetero) is 1. The lowest BCUT2D eigenvalue weighted by Gasteiger charge is -2.10. The Labute approximate surface area is 107 Å². The molecule has 0 radical (unpaired) electrons. The zero-order valence-corrected chi connectivity index (χ0v) is 10.9. The van der Waals surface area contributed by atoms with Gasteiger partial charge in [-0.3, -0.25) is 9.79 Å². The highest BCUT2D eigenvalue weighted by Gasteiger charge is 2.17. The van der Waals surface area contributed by atoms with Crippen LogP contribution in [-0.2, 0) is 4.74 Å². The van der Waals surface area contributed by atoms with E-state index in [0.717, 1.165) is 16.9 Å². The summed E-state index contributed by atoms with van der Waals surface area (Å²) < 4.78 is 10.5. The summed E-state index contributed by atoms with van der Waals surface area (Å²) in [7, 11) is 1.63. The van der Waals surface area contributed by atoms with Crippen molar-refractivity contribution in [2.45, 2.75) is 20.3 Å². The molecule has 4 nitrogen and oxygen atoms in total. The highest BCUT2D eigenvalue weighted by molar-refractivity contribution is 6.08. The van der Waals surface area contributed by atoms with Crippen LogP contribution < -0.4 is 4.74 Å². The predicted octanol–water partition coefficient (Wildman–Crippen LogP) is 2.31. The number of aliphatic imine (C=N–C) groups is 1. The number of ketones is 1. The third-order valence-corrected chi connectivity index (χ3v) is 3.00. The molecule has 0 saturated heterocycles. The normalized spacial score (nSPS) is 14.1. The van der Waals surface area contributed by atoms with Crippen molar-refractivity contribution >= 4 is 11.7 Å². The maximum absolute atomic E-state index is 12.2. The first-order valence-corrected chi connectivity index (χ1v) is 5.96. The number of aryl methyl sites for hydroxylation is 2. The number of benzene rings is 1. The number of hydrogen-bond donors (Lipinski definition) is 0. The van der Waals surface area contributed by atoms with Crippen LogP contribution in [0.2, 0.25) is 0 Å². The van der Waals surface area contributed by atoms with Gasteiger partial charge in [-0.25, -0.2) is 0 Å². The molecule has 0 N–H and O–H groups in total. The van der Waals surface area contributed by atoms with E-state index in [2.05, 4.69) is 4.99 Å². The van der Waals surface area contributed by atoms with Gasteiger partial charge in [0.05, 0.1) is 20.1 Å². The number of nitrogens with zero attached hydrogens (tertiary/aromatic N) is 1. The largest absolute Gasteiger partial charge is 0.496 e. The Bertz CT molecular complexity index is 506. The minimum Gasteiger partial charge on any atom is -0.496 e. The Balaban J connectivity index is 2.22. The second-order valence-electron chi connectivity index (χ2n) is 4.36. The van der Waals surface area contributed by atoms with Gasteiger partial charge in [-0.15, -0.1) is 0 Å². The van der Waals surface area contributed by atoms with Crippen LogP contribution in [0.25, 0.3) is 0 Å². The Morgan fingerprint density at radius 2 is 2.17 bits per heavy atom. The fourth-order valence-corrected chi connectivity index (χ4v) is 2.03. The van der Waals surface area contributed by atoms with E-state index in [1.807, 2.05) is 26.0 Å².